The first kappa shape index (κ1) is 12.7. The van der Waals surface area contributed by atoms with Crippen molar-refractivity contribution < 1.29 is 23.0 Å². The van der Waals surface area contributed by atoms with Crippen molar-refractivity contribution in [2.45, 2.75) is 26.4 Å². The van der Waals surface area contributed by atoms with E-state index in [9.17, 15) is 13.2 Å². The smallest absolute Gasteiger partial charge is 0.396 e. The molecule has 0 heterocycles. The molecule has 1 atom stereocenters. The molecule has 0 rings (SSSR count). The normalized spacial score (nSPS) is 17.1. The van der Waals surface area contributed by atoms with E-state index >= 15 is 0 Å². The number of hydrogen-bond donors (Lipinski definition) is 1. The second-order valence-corrected chi connectivity index (χ2v) is 3.43. The van der Waals surface area contributed by atoms with E-state index < -0.39 is 18.2 Å². The first-order chi connectivity index (χ1) is 5.83. The minimum Gasteiger partial charge on any atom is -0.396 e. The van der Waals surface area contributed by atoms with Gasteiger partial charge in [0.1, 0.15) is 6.61 Å². The van der Waals surface area contributed by atoms with Crippen LogP contribution in [-0.2, 0) is 4.74 Å². The number of alkyl halides is 3. The van der Waals surface area contributed by atoms with Crippen molar-refractivity contribution in [3.8, 4) is 0 Å². The Hall–Kier alpha value is -0.290. The average molecular weight is 200 g/mol. The second-order valence-electron chi connectivity index (χ2n) is 3.43. The molecule has 0 radical (unpaired) electrons. The number of rotatable bonds is 5. The number of aliphatic hydroxyl groups is 1. The minimum atomic E-state index is -4.29. The van der Waals surface area contributed by atoms with E-state index in [0.29, 0.717) is 6.42 Å². The van der Waals surface area contributed by atoms with Gasteiger partial charge in [-0.15, -0.1) is 0 Å². The van der Waals surface area contributed by atoms with Crippen LogP contribution >= 0.6 is 0 Å². The summed E-state index contributed by atoms with van der Waals surface area (Å²) < 4.78 is 39.4. The second kappa shape index (κ2) is 4.81. The SMILES string of the molecule is CCC(C)(CO)COCC(F)(F)F. The van der Waals surface area contributed by atoms with Crippen LogP contribution in [0.3, 0.4) is 0 Å². The highest BCUT2D eigenvalue weighted by molar-refractivity contribution is 4.70. The molecular formula is C8H15F3O2. The summed E-state index contributed by atoms with van der Waals surface area (Å²) in [7, 11) is 0. The summed E-state index contributed by atoms with van der Waals surface area (Å²) in [5, 5.41) is 8.85. The van der Waals surface area contributed by atoms with Crippen LogP contribution in [0.4, 0.5) is 13.2 Å². The Bertz CT molecular complexity index is 141. The quantitative estimate of drug-likeness (QED) is 0.735. The van der Waals surface area contributed by atoms with Crippen LogP contribution in [0.2, 0.25) is 0 Å². The molecule has 80 valence electrons. The number of hydrogen-bond acceptors (Lipinski definition) is 2. The lowest BCUT2D eigenvalue weighted by molar-refractivity contribution is -0.181. The molecule has 0 aromatic carbocycles. The van der Waals surface area contributed by atoms with Crippen molar-refractivity contribution in [1.29, 1.82) is 0 Å². The van der Waals surface area contributed by atoms with E-state index in [2.05, 4.69) is 4.74 Å². The Labute approximate surface area is 75.7 Å². The van der Waals surface area contributed by atoms with Crippen LogP contribution in [0, 0.1) is 5.41 Å². The molecule has 0 spiro atoms. The van der Waals surface area contributed by atoms with Gasteiger partial charge in [0.15, 0.2) is 0 Å². The van der Waals surface area contributed by atoms with E-state index in [0.717, 1.165) is 0 Å². The Morgan fingerprint density at radius 3 is 2.08 bits per heavy atom. The largest absolute Gasteiger partial charge is 0.411 e. The molecule has 0 amide bonds. The van der Waals surface area contributed by atoms with Crippen molar-refractivity contribution in [1.82, 2.24) is 0 Å². The van der Waals surface area contributed by atoms with E-state index in [-0.39, 0.29) is 13.2 Å². The van der Waals surface area contributed by atoms with Crippen LogP contribution in [0.1, 0.15) is 20.3 Å². The Morgan fingerprint density at radius 1 is 1.23 bits per heavy atom. The lowest BCUT2D eigenvalue weighted by Gasteiger charge is -2.25. The van der Waals surface area contributed by atoms with Gasteiger partial charge >= 0.3 is 6.18 Å². The standard InChI is InChI=1S/C8H15F3O2/c1-3-7(2,4-12)5-13-6-8(9,10)11/h12H,3-6H2,1-2H3. The Balaban J connectivity index is 3.74. The summed E-state index contributed by atoms with van der Waals surface area (Å²) in [6.45, 7) is 2.00. The highest BCUT2D eigenvalue weighted by Crippen LogP contribution is 2.22. The zero-order valence-electron chi connectivity index (χ0n) is 7.82. The van der Waals surface area contributed by atoms with Crippen molar-refractivity contribution in [3.63, 3.8) is 0 Å². The Morgan fingerprint density at radius 2 is 1.77 bits per heavy atom. The number of aliphatic hydroxyl groups excluding tert-OH is 1. The summed E-state index contributed by atoms with van der Waals surface area (Å²) >= 11 is 0. The summed E-state index contributed by atoms with van der Waals surface area (Å²) in [5.41, 5.74) is -0.564. The van der Waals surface area contributed by atoms with E-state index in [1.54, 1.807) is 13.8 Å². The average Bonchev–Trinajstić information content (AvgIpc) is 2.02. The van der Waals surface area contributed by atoms with Gasteiger partial charge in [-0.3, -0.25) is 0 Å². The van der Waals surface area contributed by atoms with Crippen LogP contribution in [0.5, 0.6) is 0 Å². The zero-order chi connectivity index (χ0) is 10.5. The summed E-state index contributed by atoms with van der Waals surface area (Å²) in [6, 6.07) is 0. The summed E-state index contributed by atoms with van der Waals surface area (Å²) in [4.78, 5) is 0. The van der Waals surface area contributed by atoms with Crippen molar-refractivity contribution in [3.05, 3.63) is 0 Å². The molecule has 0 aliphatic heterocycles. The monoisotopic (exact) mass is 200 g/mol. The molecular weight excluding hydrogens is 185 g/mol. The molecule has 0 saturated heterocycles. The maximum Gasteiger partial charge on any atom is 0.411 e. The fourth-order valence-corrected chi connectivity index (χ4v) is 0.673. The molecule has 2 nitrogen and oxygen atoms in total. The van der Waals surface area contributed by atoms with Gasteiger partial charge < -0.3 is 9.84 Å². The fraction of sp³-hybridized carbons (Fsp3) is 1.00. The van der Waals surface area contributed by atoms with E-state index in [1.165, 1.54) is 0 Å². The van der Waals surface area contributed by atoms with Gasteiger partial charge in [0.2, 0.25) is 0 Å². The predicted molar refractivity (Wildman–Crippen MR) is 42.4 cm³/mol. The molecule has 0 aliphatic rings. The molecule has 0 aromatic rings. The van der Waals surface area contributed by atoms with Crippen LogP contribution in [-0.4, -0.2) is 31.1 Å². The Kier molecular flexibility index (Phi) is 4.70. The third-order valence-corrected chi connectivity index (χ3v) is 1.95. The molecule has 1 unspecified atom stereocenters. The number of ether oxygens (including phenoxy) is 1. The predicted octanol–water partition coefficient (Wildman–Crippen LogP) is 1.97. The van der Waals surface area contributed by atoms with Gasteiger partial charge in [0.05, 0.1) is 13.2 Å². The first-order valence-corrected chi connectivity index (χ1v) is 4.08. The fourth-order valence-electron chi connectivity index (χ4n) is 0.673. The van der Waals surface area contributed by atoms with Crippen LogP contribution in [0.25, 0.3) is 0 Å². The van der Waals surface area contributed by atoms with Crippen molar-refractivity contribution >= 4 is 0 Å². The van der Waals surface area contributed by atoms with Gasteiger partial charge in [-0.2, -0.15) is 13.2 Å². The summed E-state index contributed by atoms with van der Waals surface area (Å²) in [6.07, 6.45) is -3.70. The molecule has 0 saturated carbocycles. The van der Waals surface area contributed by atoms with Crippen LogP contribution in [0.15, 0.2) is 0 Å². The topological polar surface area (TPSA) is 29.5 Å². The molecule has 0 aliphatic carbocycles. The van der Waals surface area contributed by atoms with Gasteiger partial charge in [-0.25, -0.2) is 0 Å². The molecule has 5 heteroatoms. The van der Waals surface area contributed by atoms with Crippen molar-refractivity contribution in [2.75, 3.05) is 19.8 Å². The maximum atomic E-state index is 11.7. The molecule has 0 bridgehead atoms. The number of halogens is 3. The third kappa shape index (κ3) is 5.87. The lowest BCUT2D eigenvalue weighted by atomic mass is 9.90. The zero-order valence-corrected chi connectivity index (χ0v) is 7.82. The maximum absolute atomic E-state index is 11.7. The summed E-state index contributed by atoms with van der Waals surface area (Å²) in [5.74, 6) is 0. The molecule has 1 N–H and O–H groups in total. The van der Waals surface area contributed by atoms with Crippen molar-refractivity contribution in [2.24, 2.45) is 5.41 Å². The molecule has 0 aromatic heterocycles. The molecule has 0 fully saturated rings. The van der Waals surface area contributed by atoms with E-state index in [4.69, 9.17) is 5.11 Å². The van der Waals surface area contributed by atoms with Gasteiger partial charge in [0.25, 0.3) is 0 Å². The first-order valence-electron chi connectivity index (χ1n) is 4.08. The lowest BCUT2D eigenvalue weighted by Crippen LogP contribution is -2.29. The minimum absolute atomic E-state index is 0.0699. The highest BCUT2D eigenvalue weighted by Gasteiger charge is 2.29. The third-order valence-electron chi connectivity index (χ3n) is 1.95. The van der Waals surface area contributed by atoms with Crippen LogP contribution < -0.4 is 0 Å². The van der Waals surface area contributed by atoms with Gasteiger partial charge in [0, 0.05) is 5.41 Å². The van der Waals surface area contributed by atoms with E-state index in [1.807, 2.05) is 0 Å². The van der Waals surface area contributed by atoms with Gasteiger partial charge in [-0.1, -0.05) is 13.8 Å². The highest BCUT2D eigenvalue weighted by atomic mass is 19.4. The van der Waals surface area contributed by atoms with Gasteiger partial charge in [-0.05, 0) is 6.42 Å². The molecule has 13 heavy (non-hydrogen) atoms.